The molecule has 0 aliphatic rings. The first kappa shape index (κ1) is 17.4. The average Bonchev–Trinajstić information content (AvgIpc) is 2.99. The smallest absolute Gasteiger partial charge is 0.191 e. The fourth-order valence-electron chi connectivity index (χ4n) is 1.73. The molecule has 0 atom stereocenters. The molecule has 0 fully saturated rings. The fourth-order valence-corrected chi connectivity index (χ4v) is 1.73. The van der Waals surface area contributed by atoms with Gasteiger partial charge in [-0.1, -0.05) is 6.07 Å². The summed E-state index contributed by atoms with van der Waals surface area (Å²) in [5.74, 6) is 0.804. The molecule has 0 spiro atoms. The fraction of sp³-hybridized carbons (Fsp3) is 0.357. The van der Waals surface area contributed by atoms with Crippen molar-refractivity contribution in [3.8, 4) is 0 Å². The van der Waals surface area contributed by atoms with Gasteiger partial charge in [0.1, 0.15) is 0 Å². The van der Waals surface area contributed by atoms with Gasteiger partial charge in [0.2, 0.25) is 0 Å². The van der Waals surface area contributed by atoms with Crippen LogP contribution in [0.4, 0.5) is 0 Å². The number of hydrogen-bond donors (Lipinski definition) is 3. The van der Waals surface area contributed by atoms with Gasteiger partial charge in [0.25, 0.3) is 0 Å². The van der Waals surface area contributed by atoms with Crippen LogP contribution in [-0.4, -0.2) is 34.2 Å². The minimum Gasteiger partial charge on any atom is -0.357 e. The van der Waals surface area contributed by atoms with Crippen molar-refractivity contribution in [1.82, 2.24) is 25.8 Å². The van der Waals surface area contributed by atoms with Crippen molar-refractivity contribution < 1.29 is 0 Å². The van der Waals surface area contributed by atoms with Crippen LogP contribution in [0.2, 0.25) is 0 Å². The van der Waals surface area contributed by atoms with Crippen molar-refractivity contribution in [2.75, 3.05) is 13.1 Å². The second-order valence-corrected chi connectivity index (χ2v) is 4.27. The summed E-state index contributed by atoms with van der Waals surface area (Å²) in [5.41, 5.74) is 2.07. The largest absolute Gasteiger partial charge is 0.357 e. The molecular weight excluding hydrogens is 379 g/mol. The number of nitrogens with one attached hydrogen (secondary N) is 3. The van der Waals surface area contributed by atoms with Gasteiger partial charge in [-0.15, -0.1) is 24.0 Å². The number of rotatable bonds is 6. The van der Waals surface area contributed by atoms with Crippen LogP contribution < -0.4 is 10.6 Å². The van der Waals surface area contributed by atoms with Gasteiger partial charge >= 0.3 is 0 Å². The summed E-state index contributed by atoms with van der Waals surface area (Å²) in [4.78, 5) is 8.78. The van der Waals surface area contributed by atoms with E-state index in [0.29, 0.717) is 6.54 Å². The molecule has 3 N–H and O–H groups in total. The second-order valence-electron chi connectivity index (χ2n) is 4.27. The predicted molar refractivity (Wildman–Crippen MR) is 94.8 cm³/mol. The highest BCUT2D eigenvalue weighted by molar-refractivity contribution is 14.0. The number of aromatic amines is 1. The number of nitrogens with zero attached hydrogens (tertiary/aromatic N) is 3. The molecule has 2 aromatic heterocycles. The molecule has 0 aliphatic carbocycles. The van der Waals surface area contributed by atoms with Crippen LogP contribution in [-0.2, 0) is 13.0 Å². The summed E-state index contributed by atoms with van der Waals surface area (Å²) in [6.45, 7) is 4.26. The lowest BCUT2D eigenvalue weighted by Crippen LogP contribution is -2.38. The lowest BCUT2D eigenvalue weighted by molar-refractivity contribution is 0.785. The topological polar surface area (TPSA) is 78.0 Å². The van der Waals surface area contributed by atoms with Gasteiger partial charge < -0.3 is 10.6 Å². The maximum Gasteiger partial charge on any atom is 0.191 e. The molecule has 0 unspecified atom stereocenters. The van der Waals surface area contributed by atoms with Gasteiger partial charge in [-0.25, -0.2) is 4.99 Å². The molecule has 2 rings (SSSR count). The summed E-state index contributed by atoms with van der Waals surface area (Å²) in [7, 11) is 0. The first-order valence-electron chi connectivity index (χ1n) is 6.79. The maximum atomic E-state index is 4.49. The van der Waals surface area contributed by atoms with E-state index < -0.39 is 0 Å². The Kier molecular flexibility index (Phi) is 8.41. The Balaban J connectivity index is 0.00000220. The third kappa shape index (κ3) is 6.56. The van der Waals surface area contributed by atoms with Gasteiger partial charge in [0, 0.05) is 37.6 Å². The molecule has 0 bridgehead atoms. The monoisotopic (exact) mass is 400 g/mol. The molecule has 0 saturated heterocycles. The number of aliphatic imine (C=N–C) groups is 1. The molecule has 21 heavy (non-hydrogen) atoms. The van der Waals surface area contributed by atoms with Gasteiger partial charge in [0.15, 0.2) is 5.96 Å². The van der Waals surface area contributed by atoms with Crippen molar-refractivity contribution in [3.05, 3.63) is 48.0 Å². The molecule has 2 aromatic rings. The summed E-state index contributed by atoms with van der Waals surface area (Å²) in [6.07, 6.45) is 4.41. The summed E-state index contributed by atoms with van der Waals surface area (Å²) in [6, 6.07) is 7.87. The standard InChI is InChI=1S/C14H20N6.HI/c1-2-15-14(18-11-13-7-10-19-20-13)17-9-6-12-5-3-4-8-16-12;/h3-5,7-8,10H,2,6,9,11H2,1H3,(H,19,20)(H2,15,17,18);1H. The van der Waals surface area contributed by atoms with E-state index in [1.807, 2.05) is 37.4 Å². The van der Waals surface area contributed by atoms with E-state index in [0.717, 1.165) is 36.9 Å². The van der Waals surface area contributed by atoms with E-state index in [1.165, 1.54) is 0 Å². The van der Waals surface area contributed by atoms with Crippen LogP contribution >= 0.6 is 24.0 Å². The Morgan fingerprint density at radius 2 is 2.14 bits per heavy atom. The number of hydrogen-bond acceptors (Lipinski definition) is 3. The van der Waals surface area contributed by atoms with E-state index in [1.54, 1.807) is 6.20 Å². The van der Waals surface area contributed by atoms with Gasteiger partial charge in [0.05, 0.1) is 12.2 Å². The Hall–Kier alpha value is -1.64. The zero-order valence-corrected chi connectivity index (χ0v) is 14.4. The molecule has 0 saturated carbocycles. The first-order chi connectivity index (χ1) is 9.88. The van der Waals surface area contributed by atoms with Gasteiger partial charge in [-0.2, -0.15) is 5.10 Å². The highest BCUT2D eigenvalue weighted by atomic mass is 127. The molecule has 0 aliphatic heterocycles. The molecule has 2 heterocycles. The summed E-state index contributed by atoms with van der Waals surface area (Å²) >= 11 is 0. The number of halogens is 1. The van der Waals surface area contributed by atoms with Crippen LogP contribution in [0, 0.1) is 0 Å². The molecule has 7 heteroatoms. The lowest BCUT2D eigenvalue weighted by atomic mass is 10.3. The van der Waals surface area contributed by atoms with Crippen molar-refractivity contribution in [3.63, 3.8) is 0 Å². The SMILES string of the molecule is CCNC(=NCc1ccn[nH]1)NCCc1ccccn1.I. The van der Waals surface area contributed by atoms with Crippen LogP contribution in [0.1, 0.15) is 18.3 Å². The van der Waals surface area contributed by atoms with Crippen LogP contribution in [0.5, 0.6) is 0 Å². The third-order valence-electron chi connectivity index (χ3n) is 2.71. The molecule has 114 valence electrons. The quantitative estimate of drug-likeness (QED) is 0.392. The van der Waals surface area contributed by atoms with Gasteiger partial charge in [-0.05, 0) is 25.1 Å². The van der Waals surface area contributed by atoms with E-state index in [9.17, 15) is 0 Å². The number of aromatic nitrogens is 3. The van der Waals surface area contributed by atoms with Crippen LogP contribution in [0.25, 0.3) is 0 Å². The van der Waals surface area contributed by atoms with Crippen molar-refractivity contribution in [1.29, 1.82) is 0 Å². The van der Waals surface area contributed by atoms with E-state index >= 15 is 0 Å². The minimum absolute atomic E-state index is 0. The minimum atomic E-state index is 0. The van der Waals surface area contributed by atoms with Crippen molar-refractivity contribution in [2.24, 2.45) is 4.99 Å². The zero-order valence-electron chi connectivity index (χ0n) is 12.0. The molecule has 0 aromatic carbocycles. The maximum absolute atomic E-state index is 4.49. The van der Waals surface area contributed by atoms with Crippen LogP contribution in [0.3, 0.4) is 0 Å². The van der Waals surface area contributed by atoms with E-state index in [-0.39, 0.29) is 24.0 Å². The first-order valence-corrected chi connectivity index (χ1v) is 6.79. The van der Waals surface area contributed by atoms with Crippen molar-refractivity contribution >= 4 is 29.9 Å². The Labute approximate surface area is 141 Å². The lowest BCUT2D eigenvalue weighted by Gasteiger charge is -2.10. The normalized spacial score (nSPS) is 10.8. The number of guanidine groups is 1. The van der Waals surface area contributed by atoms with E-state index in [4.69, 9.17) is 0 Å². The van der Waals surface area contributed by atoms with Crippen molar-refractivity contribution in [2.45, 2.75) is 19.9 Å². The molecule has 0 amide bonds. The zero-order chi connectivity index (χ0) is 14.0. The highest BCUT2D eigenvalue weighted by Crippen LogP contribution is 1.95. The molecule has 6 nitrogen and oxygen atoms in total. The molecular formula is C14H21IN6. The highest BCUT2D eigenvalue weighted by Gasteiger charge is 1.99. The van der Waals surface area contributed by atoms with Crippen LogP contribution in [0.15, 0.2) is 41.7 Å². The second kappa shape index (κ2) is 10.1. The average molecular weight is 400 g/mol. The summed E-state index contributed by atoms with van der Waals surface area (Å²) < 4.78 is 0. The number of H-pyrrole nitrogens is 1. The predicted octanol–water partition coefficient (Wildman–Crippen LogP) is 1.72. The molecule has 0 radical (unpaired) electrons. The Morgan fingerprint density at radius 3 is 2.81 bits per heavy atom. The van der Waals surface area contributed by atoms with E-state index in [2.05, 4.69) is 30.8 Å². The van der Waals surface area contributed by atoms with Gasteiger partial charge in [-0.3, -0.25) is 10.1 Å². The number of pyridine rings is 1. The third-order valence-corrected chi connectivity index (χ3v) is 2.71. The Morgan fingerprint density at radius 1 is 1.24 bits per heavy atom. The summed E-state index contributed by atoms with van der Waals surface area (Å²) in [5, 5.41) is 13.3. The Bertz CT molecular complexity index is 512.